The highest BCUT2D eigenvalue weighted by atomic mass is 15.2. The Balaban J connectivity index is 4.91. The number of nitrogens with one attached hydrogen (secondary N) is 1. The van der Waals surface area contributed by atoms with E-state index in [0.717, 1.165) is 13.1 Å². The molecule has 1 N–H and O–H groups in total. The van der Waals surface area contributed by atoms with Crippen LogP contribution in [0.3, 0.4) is 0 Å². The summed E-state index contributed by atoms with van der Waals surface area (Å²) in [4.78, 5) is 2.72. The summed E-state index contributed by atoms with van der Waals surface area (Å²) in [5.74, 6) is 0. The summed E-state index contributed by atoms with van der Waals surface area (Å²) in [6.45, 7) is 36.9. The maximum Gasteiger partial charge on any atom is 0.0159 e. The van der Waals surface area contributed by atoms with E-state index in [2.05, 4.69) is 107 Å². The van der Waals surface area contributed by atoms with Crippen LogP contribution in [0.4, 0.5) is 0 Å². The Morgan fingerprint density at radius 1 is 0.714 bits per heavy atom. The predicted molar refractivity (Wildman–Crippen MR) is 129 cm³/mol. The molecule has 0 aliphatic heterocycles. The maximum atomic E-state index is 3.82. The van der Waals surface area contributed by atoms with E-state index in [-0.39, 0.29) is 5.54 Å². The van der Waals surface area contributed by atoms with Gasteiger partial charge in [-0.2, -0.15) is 0 Å². The molecule has 0 spiro atoms. The molecule has 0 radical (unpaired) electrons. The Kier molecular flexibility index (Phi) is 9.79. The Labute approximate surface area is 179 Å². The lowest BCUT2D eigenvalue weighted by atomic mass is 9.64. The molecule has 0 aromatic carbocycles. The summed E-state index contributed by atoms with van der Waals surface area (Å²) < 4.78 is 0. The van der Waals surface area contributed by atoms with Crippen molar-refractivity contribution in [3.63, 3.8) is 0 Å². The fourth-order valence-corrected chi connectivity index (χ4v) is 4.04. The molecular formula is C26H56N2. The zero-order valence-corrected chi connectivity index (χ0v) is 22.3. The van der Waals surface area contributed by atoms with E-state index in [1.165, 1.54) is 25.8 Å². The van der Waals surface area contributed by atoms with Gasteiger partial charge in [-0.3, -0.25) is 4.90 Å². The fraction of sp³-hybridized carbons (Fsp3) is 1.00. The van der Waals surface area contributed by atoms with Crippen LogP contribution in [0.2, 0.25) is 0 Å². The second-order valence-corrected chi connectivity index (χ2v) is 13.3. The molecule has 2 nitrogen and oxygen atoms in total. The summed E-state index contributed by atoms with van der Waals surface area (Å²) in [6, 6.07) is 0.548. The molecule has 2 heteroatoms. The minimum Gasteiger partial charge on any atom is -0.313 e. The molecule has 170 valence electrons. The van der Waals surface area contributed by atoms with Crippen LogP contribution in [0.15, 0.2) is 0 Å². The van der Waals surface area contributed by atoms with Gasteiger partial charge in [0.2, 0.25) is 0 Å². The predicted octanol–water partition coefficient (Wildman–Crippen LogP) is 7.38. The first-order valence-electron chi connectivity index (χ1n) is 11.8. The first kappa shape index (κ1) is 27.9. The van der Waals surface area contributed by atoms with Gasteiger partial charge >= 0.3 is 0 Å². The molecule has 0 fully saturated rings. The molecule has 28 heavy (non-hydrogen) atoms. The lowest BCUT2D eigenvalue weighted by Gasteiger charge is -2.48. The van der Waals surface area contributed by atoms with Gasteiger partial charge in [0.1, 0.15) is 0 Å². The van der Waals surface area contributed by atoms with Crippen molar-refractivity contribution in [2.45, 2.75) is 128 Å². The third-order valence-corrected chi connectivity index (χ3v) is 7.98. The average molecular weight is 397 g/mol. The smallest absolute Gasteiger partial charge is 0.0159 e. The van der Waals surface area contributed by atoms with Crippen molar-refractivity contribution in [1.29, 1.82) is 0 Å². The Morgan fingerprint density at radius 3 is 1.57 bits per heavy atom. The summed E-state index contributed by atoms with van der Waals surface area (Å²) >= 11 is 0. The highest BCUT2D eigenvalue weighted by Crippen LogP contribution is 2.45. The molecule has 1 unspecified atom stereocenters. The van der Waals surface area contributed by atoms with Gasteiger partial charge in [0.15, 0.2) is 0 Å². The summed E-state index contributed by atoms with van der Waals surface area (Å²) in [7, 11) is 0. The highest BCUT2D eigenvalue weighted by Gasteiger charge is 2.40. The summed E-state index contributed by atoms with van der Waals surface area (Å²) in [5, 5.41) is 3.82. The van der Waals surface area contributed by atoms with Crippen LogP contribution in [0.5, 0.6) is 0 Å². The van der Waals surface area contributed by atoms with E-state index >= 15 is 0 Å². The van der Waals surface area contributed by atoms with E-state index in [4.69, 9.17) is 0 Å². The topological polar surface area (TPSA) is 15.3 Å². The molecule has 0 bridgehead atoms. The Hall–Kier alpha value is -0.0800. The normalized spacial score (nSPS) is 16.0. The van der Waals surface area contributed by atoms with Crippen LogP contribution in [0.25, 0.3) is 0 Å². The highest BCUT2D eigenvalue weighted by molar-refractivity contribution is 4.93. The van der Waals surface area contributed by atoms with Gasteiger partial charge in [0, 0.05) is 24.7 Å². The van der Waals surface area contributed by atoms with Crippen molar-refractivity contribution in [3.05, 3.63) is 0 Å². The van der Waals surface area contributed by atoms with E-state index < -0.39 is 0 Å². The molecule has 0 aliphatic rings. The SMILES string of the molecule is CCCN(CCNC(C)CC(C)(C)C(C)(C)C)C(C)(C)CC(C)(C)C(C)(C)C. The largest absolute Gasteiger partial charge is 0.313 e. The van der Waals surface area contributed by atoms with Crippen LogP contribution in [-0.2, 0) is 0 Å². The van der Waals surface area contributed by atoms with Gasteiger partial charge in [0.25, 0.3) is 0 Å². The molecule has 0 rings (SSSR count). The Bertz CT molecular complexity index is 446. The molecule has 0 heterocycles. The molecule has 0 aromatic rings. The second-order valence-electron chi connectivity index (χ2n) is 13.3. The first-order valence-corrected chi connectivity index (χ1v) is 11.8. The van der Waals surface area contributed by atoms with Crippen molar-refractivity contribution in [1.82, 2.24) is 10.2 Å². The van der Waals surface area contributed by atoms with Gasteiger partial charge < -0.3 is 5.32 Å². The van der Waals surface area contributed by atoms with E-state index in [0.29, 0.717) is 27.7 Å². The van der Waals surface area contributed by atoms with Crippen molar-refractivity contribution in [2.75, 3.05) is 19.6 Å². The van der Waals surface area contributed by atoms with Crippen molar-refractivity contribution in [2.24, 2.45) is 21.7 Å². The maximum absolute atomic E-state index is 3.82. The molecule has 0 aromatic heterocycles. The number of hydrogen-bond donors (Lipinski definition) is 1. The van der Waals surface area contributed by atoms with Gasteiger partial charge in [-0.1, -0.05) is 76.2 Å². The zero-order valence-electron chi connectivity index (χ0n) is 22.3. The quantitative estimate of drug-likeness (QED) is 0.392. The van der Waals surface area contributed by atoms with Crippen LogP contribution in [0.1, 0.15) is 116 Å². The minimum absolute atomic E-state index is 0.211. The summed E-state index contributed by atoms with van der Waals surface area (Å²) in [5.41, 5.74) is 1.49. The Morgan fingerprint density at radius 2 is 1.18 bits per heavy atom. The summed E-state index contributed by atoms with van der Waals surface area (Å²) in [6.07, 6.45) is 3.65. The van der Waals surface area contributed by atoms with Gasteiger partial charge in [-0.05, 0) is 68.2 Å². The lowest BCUT2D eigenvalue weighted by molar-refractivity contribution is 0.0206. The third kappa shape index (κ3) is 8.34. The van der Waals surface area contributed by atoms with Gasteiger partial charge in [0.05, 0.1) is 0 Å². The molecule has 0 amide bonds. The zero-order chi connectivity index (χ0) is 22.6. The number of rotatable bonds is 11. The van der Waals surface area contributed by atoms with Gasteiger partial charge in [-0.15, -0.1) is 0 Å². The van der Waals surface area contributed by atoms with E-state index in [9.17, 15) is 0 Å². The molecule has 1 atom stereocenters. The van der Waals surface area contributed by atoms with Crippen LogP contribution in [0, 0.1) is 21.7 Å². The lowest BCUT2D eigenvalue weighted by Crippen LogP contribution is -2.51. The van der Waals surface area contributed by atoms with E-state index in [1.54, 1.807) is 0 Å². The molecule has 0 saturated heterocycles. The minimum atomic E-state index is 0.211. The molecule has 0 aliphatic carbocycles. The van der Waals surface area contributed by atoms with E-state index in [1.807, 2.05) is 0 Å². The van der Waals surface area contributed by atoms with Crippen LogP contribution < -0.4 is 5.32 Å². The van der Waals surface area contributed by atoms with Gasteiger partial charge in [-0.25, -0.2) is 0 Å². The number of hydrogen-bond acceptors (Lipinski definition) is 2. The van der Waals surface area contributed by atoms with Crippen molar-refractivity contribution in [3.8, 4) is 0 Å². The first-order chi connectivity index (χ1) is 12.3. The van der Waals surface area contributed by atoms with Crippen LogP contribution in [-0.4, -0.2) is 36.1 Å². The van der Waals surface area contributed by atoms with Crippen LogP contribution >= 0.6 is 0 Å². The standard InChI is InChI=1S/C26H56N2/c1-15-17-28(26(13,14)20-25(11,12)23(6,7)8)18-16-27-21(2)19-24(9,10)22(3,4)5/h21,27H,15-20H2,1-14H3. The molecular weight excluding hydrogens is 340 g/mol. The third-order valence-electron chi connectivity index (χ3n) is 7.98. The number of nitrogens with zero attached hydrogens (tertiary/aromatic N) is 1. The fourth-order valence-electron chi connectivity index (χ4n) is 4.04. The second kappa shape index (κ2) is 9.82. The van der Waals surface area contributed by atoms with Crippen molar-refractivity contribution < 1.29 is 0 Å². The average Bonchev–Trinajstić information content (AvgIpc) is 2.42. The van der Waals surface area contributed by atoms with Crippen molar-refractivity contribution >= 4 is 0 Å². The molecule has 0 saturated carbocycles. The monoisotopic (exact) mass is 396 g/mol.